The first-order valence-electron chi connectivity index (χ1n) is 14.6. The minimum Gasteiger partial charge on any atom is -0.493 e. The van der Waals surface area contributed by atoms with Crippen molar-refractivity contribution in [1.29, 1.82) is 0 Å². The number of pyridine rings is 1. The van der Waals surface area contributed by atoms with Gasteiger partial charge in [0.1, 0.15) is 0 Å². The first-order valence-corrected chi connectivity index (χ1v) is 15.4. The van der Waals surface area contributed by atoms with Crippen molar-refractivity contribution in [3.63, 3.8) is 0 Å². The average Bonchev–Trinajstić information content (AvgIpc) is 3.55. The van der Waals surface area contributed by atoms with Gasteiger partial charge in [0.25, 0.3) is 5.91 Å². The number of hydrogen-bond donors (Lipinski definition) is 1. The van der Waals surface area contributed by atoms with Crippen molar-refractivity contribution in [2.45, 2.75) is 37.1 Å². The maximum Gasteiger partial charge on any atom is 0.254 e. The maximum absolute atomic E-state index is 13.6. The molecule has 234 valence electrons. The molecule has 3 heterocycles. The number of rotatable bonds is 9. The van der Waals surface area contributed by atoms with E-state index in [4.69, 9.17) is 43.1 Å². The number of aromatic nitrogens is 1. The first-order chi connectivity index (χ1) is 21.1. The number of amides is 2. The molecule has 2 saturated heterocycles. The normalized spacial score (nSPS) is 22.8. The Balaban J connectivity index is 1.39. The van der Waals surface area contributed by atoms with Crippen LogP contribution in [0.3, 0.4) is 0 Å². The highest BCUT2D eigenvalue weighted by Crippen LogP contribution is 2.47. The second-order valence-electron chi connectivity index (χ2n) is 11.5. The minimum absolute atomic E-state index is 0.0874. The zero-order chi connectivity index (χ0) is 31.6. The van der Waals surface area contributed by atoms with Crippen molar-refractivity contribution in [2.75, 3.05) is 47.5 Å². The summed E-state index contributed by atoms with van der Waals surface area (Å²) >= 11 is 12.7. The number of carbonyl (C=O) groups excluding carboxylic acids is 2. The summed E-state index contributed by atoms with van der Waals surface area (Å²) in [7, 11) is 4.60. The summed E-state index contributed by atoms with van der Waals surface area (Å²) in [6.45, 7) is 4.68. The highest BCUT2D eigenvalue weighted by Gasteiger charge is 2.51. The number of hydrogen-bond acceptors (Lipinski definition) is 7. The second kappa shape index (κ2) is 13.2. The van der Waals surface area contributed by atoms with Gasteiger partial charge in [-0.2, -0.15) is 0 Å². The molecule has 4 unspecified atom stereocenters. The van der Waals surface area contributed by atoms with Gasteiger partial charge in [-0.1, -0.05) is 35.3 Å². The molecule has 1 aromatic heterocycles. The van der Waals surface area contributed by atoms with Crippen molar-refractivity contribution in [1.82, 2.24) is 14.8 Å². The van der Waals surface area contributed by atoms with Crippen molar-refractivity contribution in [3.05, 3.63) is 81.6 Å². The summed E-state index contributed by atoms with van der Waals surface area (Å²) in [5.41, 5.74) is 7.42. The maximum atomic E-state index is 13.6. The zero-order valence-corrected chi connectivity index (χ0v) is 26.9. The molecule has 2 amide bonds. The molecule has 0 radical (unpaired) electrons. The van der Waals surface area contributed by atoms with E-state index in [1.165, 1.54) is 21.3 Å². The van der Waals surface area contributed by atoms with Gasteiger partial charge in [-0.25, -0.2) is 0 Å². The average molecular weight is 642 g/mol. The Hall–Kier alpha value is -3.53. The third-order valence-corrected chi connectivity index (χ3v) is 10.2. The Morgan fingerprint density at radius 2 is 1.73 bits per heavy atom. The number of carbonyl (C=O) groups is 2. The van der Waals surface area contributed by atoms with Gasteiger partial charge >= 0.3 is 0 Å². The van der Waals surface area contributed by atoms with Crippen LogP contribution in [0.5, 0.6) is 17.2 Å². The lowest BCUT2D eigenvalue weighted by Crippen LogP contribution is -2.57. The Kier molecular flexibility index (Phi) is 9.58. The molecule has 0 saturated carbocycles. The topological polar surface area (TPSA) is 107 Å². The zero-order valence-electron chi connectivity index (χ0n) is 25.4. The van der Waals surface area contributed by atoms with E-state index < -0.39 is 11.3 Å². The predicted molar refractivity (Wildman–Crippen MR) is 170 cm³/mol. The molecule has 2 fully saturated rings. The van der Waals surface area contributed by atoms with Crippen LogP contribution in [0.2, 0.25) is 10.0 Å². The number of primary amides is 1. The largest absolute Gasteiger partial charge is 0.493 e. The quantitative estimate of drug-likeness (QED) is 0.343. The van der Waals surface area contributed by atoms with Crippen LogP contribution in [-0.2, 0) is 10.2 Å². The molecule has 4 atom stereocenters. The summed E-state index contributed by atoms with van der Waals surface area (Å²) in [5, 5.41) is 0.876. The lowest BCUT2D eigenvalue weighted by atomic mass is 9.63. The lowest BCUT2D eigenvalue weighted by Gasteiger charge is -2.49. The first kappa shape index (κ1) is 31.9. The molecule has 0 spiro atoms. The van der Waals surface area contributed by atoms with E-state index in [1.54, 1.807) is 30.6 Å². The van der Waals surface area contributed by atoms with Gasteiger partial charge in [-0.15, -0.1) is 0 Å². The highest BCUT2D eigenvalue weighted by atomic mass is 35.5. The summed E-state index contributed by atoms with van der Waals surface area (Å²) in [6, 6.07) is 12.8. The fraction of sp³-hybridized carbons (Fsp3) is 0.424. The third-order valence-electron chi connectivity index (χ3n) is 9.45. The van der Waals surface area contributed by atoms with E-state index in [-0.39, 0.29) is 23.8 Å². The van der Waals surface area contributed by atoms with Crippen LogP contribution in [-0.4, -0.2) is 80.1 Å². The fourth-order valence-electron chi connectivity index (χ4n) is 6.92. The summed E-state index contributed by atoms with van der Waals surface area (Å²) in [6.07, 6.45) is 4.80. The van der Waals surface area contributed by atoms with Crippen LogP contribution in [0, 0.1) is 5.92 Å². The van der Waals surface area contributed by atoms with Gasteiger partial charge in [-0.05, 0) is 73.7 Å². The van der Waals surface area contributed by atoms with Gasteiger partial charge in [0.2, 0.25) is 11.7 Å². The van der Waals surface area contributed by atoms with E-state index in [2.05, 4.69) is 16.8 Å². The Bertz CT molecular complexity index is 1500. The SMILES string of the molecule is COc1cc(C(=O)N2CCC(C(C)N3CCC(C(N)=O)(c4cccnc4)C(c4ccc(Cl)c(Cl)c4)C3)C2)cc(OC)c1OC. The molecule has 9 nitrogen and oxygen atoms in total. The van der Waals surface area contributed by atoms with E-state index in [0.29, 0.717) is 65.5 Å². The van der Waals surface area contributed by atoms with Gasteiger partial charge in [0, 0.05) is 49.6 Å². The van der Waals surface area contributed by atoms with Crippen molar-refractivity contribution >= 4 is 35.0 Å². The van der Waals surface area contributed by atoms with Gasteiger partial charge < -0.3 is 24.8 Å². The fourth-order valence-corrected chi connectivity index (χ4v) is 7.23. The van der Waals surface area contributed by atoms with Crippen molar-refractivity contribution < 1.29 is 23.8 Å². The molecular weight excluding hydrogens is 603 g/mol. The number of piperidine rings is 1. The molecule has 11 heteroatoms. The molecule has 2 aromatic carbocycles. The number of likely N-dealkylation sites (tertiary alicyclic amines) is 2. The molecule has 3 aromatic rings. The number of nitrogens with two attached hydrogens (primary N) is 1. The van der Waals surface area contributed by atoms with Crippen molar-refractivity contribution in [2.24, 2.45) is 11.7 Å². The molecular formula is C33H38Cl2N4O5. The Morgan fingerprint density at radius 3 is 2.32 bits per heavy atom. The van der Waals surface area contributed by atoms with E-state index in [9.17, 15) is 9.59 Å². The third kappa shape index (κ3) is 5.80. The summed E-state index contributed by atoms with van der Waals surface area (Å²) in [4.78, 5) is 35.6. The van der Waals surface area contributed by atoms with Crippen molar-refractivity contribution in [3.8, 4) is 17.2 Å². The molecule has 5 rings (SSSR count). The van der Waals surface area contributed by atoms with Crippen LogP contribution in [0.25, 0.3) is 0 Å². The Labute approximate surface area is 268 Å². The van der Waals surface area contributed by atoms with E-state index in [1.807, 2.05) is 29.2 Å². The molecule has 2 N–H and O–H groups in total. The van der Waals surface area contributed by atoms with E-state index >= 15 is 0 Å². The number of methoxy groups -OCH3 is 3. The smallest absolute Gasteiger partial charge is 0.254 e. The van der Waals surface area contributed by atoms with Gasteiger partial charge in [-0.3, -0.25) is 19.5 Å². The second-order valence-corrected chi connectivity index (χ2v) is 12.3. The number of halogens is 2. The lowest BCUT2D eigenvalue weighted by molar-refractivity contribution is -0.126. The molecule has 2 aliphatic heterocycles. The number of benzene rings is 2. The molecule has 0 aliphatic carbocycles. The van der Waals surface area contributed by atoms with Crippen LogP contribution >= 0.6 is 23.2 Å². The summed E-state index contributed by atoms with van der Waals surface area (Å²) in [5.74, 6) is 0.787. The van der Waals surface area contributed by atoms with Crippen LogP contribution < -0.4 is 19.9 Å². The van der Waals surface area contributed by atoms with Crippen LogP contribution in [0.15, 0.2) is 54.9 Å². The minimum atomic E-state index is -0.966. The van der Waals surface area contributed by atoms with E-state index in [0.717, 1.165) is 17.5 Å². The summed E-state index contributed by atoms with van der Waals surface area (Å²) < 4.78 is 16.3. The highest BCUT2D eigenvalue weighted by molar-refractivity contribution is 6.42. The standard InChI is InChI=1S/C33H38Cl2N4O5/c1-20(22-9-12-39(18-22)31(40)23-15-28(42-2)30(44-4)29(16-23)43-3)38-13-10-33(32(36)41,24-6-5-11-37-17-24)25(19-38)21-7-8-26(34)27(35)14-21/h5-8,11,14-17,20,22,25H,9-10,12-13,18-19H2,1-4H3,(H2,36,41). The van der Waals surface area contributed by atoms with Gasteiger partial charge in [0.05, 0.1) is 36.8 Å². The molecule has 2 aliphatic rings. The van der Waals surface area contributed by atoms with Crippen LogP contribution in [0.1, 0.15) is 47.2 Å². The predicted octanol–water partition coefficient (Wildman–Crippen LogP) is 5.18. The Morgan fingerprint density at radius 1 is 1.00 bits per heavy atom. The number of ether oxygens (including phenoxy) is 3. The van der Waals surface area contributed by atoms with Crippen LogP contribution in [0.4, 0.5) is 0 Å². The van der Waals surface area contributed by atoms with Gasteiger partial charge in [0.15, 0.2) is 11.5 Å². The number of nitrogens with zero attached hydrogens (tertiary/aromatic N) is 3. The molecule has 44 heavy (non-hydrogen) atoms. The molecule has 0 bridgehead atoms. The monoisotopic (exact) mass is 640 g/mol.